The average Bonchev–Trinajstić information content (AvgIpc) is 2.67. The fourth-order valence-electron chi connectivity index (χ4n) is 2.17. The molecule has 0 aliphatic carbocycles. The molecule has 18 heavy (non-hydrogen) atoms. The molecule has 1 aromatic heterocycles. The number of fused-ring (bicyclic) bond motifs is 3. The Labute approximate surface area is 101 Å². The molecule has 0 unspecified atom stereocenters. The van der Waals surface area contributed by atoms with Crippen molar-refractivity contribution in [2.45, 2.75) is 6.61 Å². The molecule has 0 bridgehead atoms. The van der Waals surface area contributed by atoms with Gasteiger partial charge in [-0.05, 0) is 12.1 Å². The molecule has 92 valence electrons. The van der Waals surface area contributed by atoms with E-state index in [2.05, 4.69) is 5.10 Å². The zero-order chi connectivity index (χ0) is 12.9. The van der Waals surface area contributed by atoms with Gasteiger partial charge in [0.05, 0.1) is 11.3 Å². The maximum absolute atomic E-state index is 13.1. The average molecular weight is 248 g/mol. The first-order chi connectivity index (χ1) is 8.58. The molecule has 1 aliphatic heterocycles. The van der Waals surface area contributed by atoms with Crippen molar-refractivity contribution in [1.29, 1.82) is 0 Å². The highest BCUT2D eigenvalue weighted by atomic mass is 19.1. The topological polar surface area (TPSA) is 64.4 Å². The normalized spacial score (nSPS) is 12.6. The second kappa shape index (κ2) is 3.56. The number of ether oxygens (including phenoxy) is 1. The number of halogens is 1. The molecular formula is C12H9FN2O3. The van der Waals surface area contributed by atoms with E-state index < -0.39 is 11.8 Å². The lowest BCUT2D eigenvalue weighted by molar-refractivity contribution is 0.0686. The number of aromatic nitrogens is 2. The van der Waals surface area contributed by atoms with Gasteiger partial charge in [-0.1, -0.05) is 0 Å². The highest BCUT2D eigenvalue weighted by Crippen LogP contribution is 2.38. The summed E-state index contributed by atoms with van der Waals surface area (Å²) in [6.45, 7) is 0.0846. The quantitative estimate of drug-likeness (QED) is 0.836. The van der Waals surface area contributed by atoms with Gasteiger partial charge in [0.15, 0.2) is 5.69 Å². The Morgan fingerprint density at radius 1 is 1.56 bits per heavy atom. The van der Waals surface area contributed by atoms with Gasteiger partial charge in [-0.15, -0.1) is 0 Å². The van der Waals surface area contributed by atoms with Crippen molar-refractivity contribution in [2.24, 2.45) is 7.05 Å². The second-order valence-electron chi connectivity index (χ2n) is 4.03. The van der Waals surface area contributed by atoms with Crippen LogP contribution in [-0.4, -0.2) is 20.9 Å². The standard InChI is InChI=1S/C12H9FN2O3/c1-15-11-7-3-2-6(13)4-9(7)18-5-8(11)10(14-15)12(16)17/h2-4H,5H2,1H3,(H,16,17). The van der Waals surface area contributed by atoms with Gasteiger partial charge in [0.25, 0.3) is 0 Å². The molecule has 0 fully saturated rings. The van der Waals surface area contributed by atoms with Crippen LogP contribution in [0.5, 0.6) is 5.75 Å². The minimum absolute atomic E-state index is 0.0255. The van der Waals surface area contributed by atoms with Crippen molar-refractivity contribution in [2.75, 3.05) is 0 Å². The zero-order valence-electron chi connectivity index (χ0n) is 9.48. The molecule has 0 saturated heterocycles. The molecule has 5 nitrogen and oxygen atoms in total. The van der Waals surface area contributed by atoms with E-state index in [4.69, 9.17) is 9.84 Å². The Balaban J connectivity index is 2.27. The van der Waals surface area contributed by atoms with Gasteiger partial charge >= 0.3 is 5.97 Å². The summed E-state index contributed by atoms with van der Waals surface area (Å²) >= 11 is 0. The lowest BCUT2D eigenvalue weighted by Gasteiger charge is -2.18. The van der Waals surface area contributed by atoms with Crippen molar-refractivity contribution in [1.82, 2.24) is 9.78 Å². The number of hydrogen-bond acceptors (Lipinski definition) is 3. The van der Waals surface area contributed by atoms with E-state index in [0.29, 0.717) is 22.6 Å². The lowest BCUT2D eigenvalue weighted by atomic mass is 10.0. The summed E-state index contributed by atoms with van der Waals surface area (Å²) in [5.74, 6) is -1.08. The summed E-state index contributed by atoms with van der Waals surface area (Å²) in [4.78, 5) is 11.1. The number of hydrogen-bond donors (Lipinski definition) is 1. The molecule has 0 spiro atoms. The van der Waals surface area contributed by atoms with Crippen molar-refractivity contribution in [3.05, 3.63) is 35.3 Å². The summed E-state index contributed by atoms with van der Waals surface area (Å²) in [5.41, 5.74) is 1.81. The van der Waals surface area contributed by atoms with E-state index >= 15 is 0 Å². The number of carbonyl (C=O) groups is 1. The first-order valence-corrected chi connectivity index (χ1v) is 5.30. The fourth-order valence-corrected chi connectivity index (χ4v) is 2.17. The SMILES string of the molecule is Cn1nc(C(=O)O)c2c1-c1ccc(F)cc1OC2. The molecule has 1 aromatic carbocycles. The van der Waals surface area contributed by atoms with Crippen LogP contribution in [-0.2, 0) is 13.7 Å². The summed E-state index contributed by atoms with van der Waals surface area (Å²) in [6.07, 6.45) is 0. The van der Waals surface area contributed by atoms with Crippen molar-refractivity contribution < 1.29 is 19.0 Å². The van der Waals surface area contributed by atoms with Crippen LogP contribution in [0, 0.1) is 5.82 Å². The molecule has 6 heteroatoms. The Bertz CT molecular complexity index is 664. The van der Waals surface area contributed by atoms with Crippen molar-refractivity contribution >= 4 is 5.97 Å². The third-order valence-corrected chi connectivity index (χ3v) is 2.92. The summed E-state index contributed by atoms with van der Waals surface area (Å²) < 4.78 is 20.0. The van der Waals surface area contributed by atoms with Gasteiger partial charge in [0, 0.05) is 18.7 Å². The van der Waals surface area contributed by atoms with E-state index in [1.54, 1.807) is 13.1 Å². The van der Waals surface area contributed by atoms with E-state index in [9.17, 15) is 9.18 Å². The fraction of sp³-hybridized carbons (Fsp3) is 0.167. The van der Waals surface area contributed by atoms with Crippen molar-refractivity contribution in [3.63, 3.8) is 0 Å². The predicted molar refractivity (Wildman–Crippen MR) is 59.9 cm³/mol. The molecular weight excluding hydrogens is 239 g/mol. The number of carboxylic acid groups (broad SMARTS) is 1. The van der Waals surface area contributed by atoms with E-state index in [1.807, 2.05) is 0 Å². The van der Waals surface area contributed by atoms with Crippen LogP contribution in [0.15, 0.2) is 18.2 Å². The first-order valence-electron chi connectivity index (χ1n) is 5.30. The maximum Gasteiger partial charge on any atom is 0.356 e. The van der Waals surface area contributed by atoms with Crippen LogP contribution in [0.25, 0.3) is 11.3 Å². The molecule has 1 aliphatic rings. The highest BCUT2D eigenvalue weighted by Gasteiger charge is 2.28. The first kappa shape index (κ1) is 10.8. The number of carboxylic acids is 1. The summed E-state index contributed by atoms with van der Waals surface area (Å²) in [6, 6.07) is 4.16. The van der Waals surface area contributed by atoms with Crippen LogP contribution < -0.4 is 4.74 Å². The van der Waals surface area contributed by atoms with Crippen LogP contribution in [0.3, 0.4) is 0 Å². The number of benzene rings is 1. The monoisotopic (exact) mass is 248 g/mol. The van der Waals surface area contributed by atoms with Crippen LogP contribution in [0.2, 0.25) is 0 Å². The van der Waals surface area contributed by atoms with E-state index in [1.165, 1.54) is 16.8 Å². The predicted octanol–water partition coefficient (Wildman–Crippen LogP) is 1.82. The van der Waals surface area contributed by atoms with E-state index in [0.717, 1.165) is 0 Å². The highest BCUT2D eigenvalue weighted by molar-refractivity contribution is 5.90. The summed E-state index contributed by atoms with van der Waals surface area (Å²) in [5, 5.41) is 13.0. The largest absolute Gasteiger partial charge is 0.488 e. The molecule has 0 atom stereocenters. The smallest absolute Gasteiger partial charge is 0.356 e. The minimum Gasteiger partial charge on any atom is -0.488 e. The van der Waals surface area contributed by atoms with Crippen LogP contribution in [0.4, 0.5) is 4.39 Å². The molecule has 0 saturated carbocycles. The second-order valence-corrected chi connectivity index (χ2v) is 4.03. The third kappa shape index (κ3) is 1.38. The molecule has 2 aromatic rings. The van der Waals surface area contributed by atoms with Crippen LogP contribution >= 0.6 is 0 Å². The van der Waals surface area contributed by atoms with Gasteiger partial charge in [-0.25, -0.2) is 9.18 Å². The molecule has 3 rings (SSSR count). The summed E-state index contributed by atoms with van der Waals surface area (Å²) in [7, 11) is 1.66. The zero-order valence-corrected chi connectivity index (χ0v) is 9.48. The molecule has 0 amide bonds. The van der Waals surface area contributed by atoms with Crippen molar-refractivity contribution in [3.8, 4) is 17.0 Å². The van der Waals surface area contributed by atoms with Gasteiger partial charge in [0.2, 0.25) is 0 Å². The Morgan fingerprint density at radius 3 is 3.06 bits per heavy atom. The Morgan fingerprint density at radius 2 is 2.33 bits per heavy atom. The van der Waals surface area contributed by atoms with Gasteiger partial charge in [0.1, 0.15) is 18.2 Å². The molecule has 2 heterocycles. The Hall–Kier alpha value is -2.37. The molecule has 1 N–H and O–H groups in total. The number of rotatable bonds is 1. The number of aromatic carboxylic acids is 1. The minimum atomic E-state index is -1.10. The number of nitrogens with zero attached hydrogens (tertiary/aromatic N) is 2. The van der Waals surface area contributed by atoms with E-state index in [-0.39, 0.29) is 12.3 Å². The maximum atomic E-state index is 13.1. The molecule has 0 radical (unpaired) electrons. The number of aryl methyl sites for hydroxylation is 1. The van der Waals surface area contributed by atoms with Gasteiger partial charge in [-0.2, -0.15) is 5.10 Å². The van der Waals surface area contributed by atoms with Crippen LogP contribution in [0.1, 0.15) is 16.1 Å². The van der Waals surface area contributed by atoms with Gasteiger partial charge < -0.3 is 9.84 Å². The lowest BCUT2D eigenvalue weighted by Crippen LogP contribution is -2.09. The van der Waals surface area contributed by atoms with Gasteiger partial charge in [-0.3, -0.25) is 4.68 Å². The Kier molecular flexibility index (Phi) is 2.13. The third-order valence-electron chi connectivity index (χ3n) is 2.92.